The number of aryl methyl sites for hydroxylation is 1. The number of benzene rings is 2. The van der Waals surface area contributed by atoms with E-state index in [0.29, 0.717) is 36.7 Å². The second kappa shape index (κ2) is 10.8. The Hall–Kier alpha value is -3.22. The topological polar surface area (TPSA) is 85.9 Å². The molecule has 7 heteroatoms. The number of para-hydroxylation sites is 1. The van der Waals surface area contributed by atoms with Crippen LogP contribution in [0.1, 0.15) is 36.2 Å². The number of nitrogens with one attached hydrogen (secondary N) is 2. The van der Waals surface area contributed by atoms with E-state index in [1.807, 2.05) is 38.1 Å². The van der Waals surface area contributed by atoms with E-state index in [-0.39, 0.29) is 12.3 Å². The van der Waals surface area contributed by atoms with E-state index in [4.69, 9.17) is 14.2 Å². The minimum Gasteiger partial charge on any atom is -0.494 e. The van der Waals surface area contributed by atoms with Crippen LogP contribution >= 0.6 is 0 Å². The summed E-state index contributed by atoms with van der Waals surface area (Å²) in [4.78, 5) is 24.3. The molecule has 0 atom stereocenters. The number of ether oxygens (including phenoxy) is 3. The third-order valence-electron chi connectivity index (χ3n) is 3.93. The monoisotopic (exact) mass is 386 g/mol. The first-order chi connectivity index (χ1) is 13.6. The average Bonchev–Trinajstić information content (AvgIpc) is 2.72. The van der Waals surface area contributed by atoms with Gasteiger partial charge in [0, 0.05) is 12.0 Å². The maximum Gasteiger partial charge on any atom is 0.269 e. The third kappa shape index (κ3) is 5.90. The Morgan fingerprint density at radius 2 is 1.61 bits per heavy atom. The van der Waals surface area contributed by atoms with Crippen LogP contribution in [0, 0.1) is 0 Å². The summed E-state index contributed by atoms with van der Waals surface area (Å²) in [6, 6.07) is 12.4. The van der Waals surface area contributed by atoms with Crippen LogP contribution in [0.3, 0.4) is 0 Å². The lowest BCUT2D eigenvalue weighted by atomic mass is 10.1. The van der Waals surface area contributed by atoms with Gasteiger partial charge in [-0.05, 0) is 50.1 Å². The van der Waals surface area contributed by atoms with E-state index < -0.39 is 5.91 Å². The Balaban J connectivity index is 1.88. The van der Waals surface area contributed by atoms with Gasteiger partial charge in [0.15, 0.2) is 11.5 Å². The quantitative estimate of drug-likeness (QED) is 0.647. The molecule has 2 rings (SSSR count). The fourth-order valence-corrected chi connectivity index (χ4v) is 2.60. The molecule has 2 N–H and O–H groups in total. The zero-order valence-corrected chi connectivity index (χ0v) is 16.4. The molecular weight excluding hydrogens is 360 g/mol. The molecule has 0 aliphatic rings. The molecule has 0 aliphatic heterocycles. The largest absolute Gasteiger partial charge is 0.494 e. The maximum atomic E-state index is 12.3. The molecule has 0 saturated carbocycles. The second-order valence-corrected chi connectivity index (χ2v) is 5.84. The van der Waals surface area contributed by atoms with Gasteiger partial charge in [0.05, 0.1) is 20.3 Å². The van der Waals surface area contributed by atoms with Crippen LogP contribution in [-0.2, 0) is 11.2 Å². The van der Waals surface area contributed by atoms with E-state index in [2.05, 4.69) is 10.9 Å². The molecule has 0 heterocycles. The molecule has 0 unspecified atom stereocenters. The van der Waals surface area contributed by atoms with Gasteiger partial charge in [-0.1, -0.05) is 18.2 Å². The first-order valence-corrected chi connectivity index (χ1v) is 9.19. The van der Waals surface area contributed by atoms with Crippen molar-refractivity contribution < 1.29 is 23.8 Å². The lowest BCUT2D eigenvalue weighted by Gasteiger charge is -2.12. The molecule has 150 valence electrons. The van der Waals surface area contributed by atoms with Crippen LogP contribution < -0.4 is 25.1 Å². The van der Waals surface area contributed by atoms with Crippen molar-refractivity contribution in [1.82, 2.24) is 10.9 Å². The van der Waals surface area contributed by atoms with E-state index in [9.17, 15) is 9.59 Å². The number of hydrogen-bond acceptors (Lipinski definition) is 5. The van der Waals surface area contributed by atoms with Crippen LogP contribution in [0.15, 0.2) is 42.5 Å². The summed E-state index contributed by atoms with van der Waals surface area (Å²) in [6.07, 6.45) is 0.728. The van der Waals surface area contributed by atoms with Crippen LogP contribution in [-0.4, -0.2) is 32.1 Å². The van der Waals surface area contributed by atoms with Crippen LogP contribution in [0.4, 0.5) is 0 Å². The van der Waals surface area contributed by atoms with E-state index in [1.54, 1.807) is 18.2 Å². The summed E-state index contributed by atoms with van der Waals surface area (Å²) < 4.78 is 16.2. The van der Waals surface area contributed by atoms with Crippen molar-refractivity contribution in [3.05, 3.63) is 53.6 Å². The fraction of sp³-hybridized carbons (Fsp3) is 0.333. The first-order valence-electron chi connectivity index (χ1n) is 9.19. The molecule has 0 fully saturated rings. The second-order valence-electron chi connectivity index (χ2n) is 5.84. The van der Waals surface area contributed by atoms with Gasteiger partial charge in [-0.15, -0.1) is 0 Å². The van der Waals surface area contributed by atoms with Crippen LogP contribution in [0.5, 0.6) is 17.2 Å². The summed E-state index contributed by atoms with van der Waals surface area (Å²) in [5.74, 6) is 1.04. The minimum atomic E-state index is -0.440. The van der Waals surface area contributed by atoms with Crippen molar-refractivity contribution >= 4 is 11.8 Å². The van der Waals surface area contributed by atoms with Gasteiger partial charge >= 0.3 is 0 Å². The van der Waals surface area contributed by atoms with Crippen molar-refractivity contribution in [1.29, 1.82) is 0 Å². The standard InChI is InChI=1S/C21H26N2O5/c1-4-27-17-9-7-6-8-15(17)11-13-20(24)22-23-21(25)16-10-12-18(28-5-2)19(14-16)26-3/h6-10,12,14H,4-5,11,13H2,1-3H3,(H,22,24)(H,23,25). The third-order valence-corrected chi connectivity index (χ3v) is 3.93. The fourth-order valence-electron chi connectivity index (χ4n) is 2.60. The smallest absolute Gasteiger partial charge is 0.269 e. The highest BCUT2D eigenvalue weighted by Gasteiger charge is 2.12. The number of amides is 2. The van der Waals surface area contributed by atoms with Crippen molar-refractivity contribution in [2.24, 2.45) is 0 Å². The molecule has 0 spiro atoms. The van der Waals surface area contributed by atoms with Crippen molar-refractivity contribution in [2.75, 3.05) is 20.3 Å². The zero-order chi connectivity index (χ0) is 20.4. The summed E-state index contributed by atoms with van der Waals surface area (Å²) in [5.41, 5.74) is 6.14. The molecule has 0 bridgehead atoms. The SMILES string of the molecule is CCOc1ccccc1CCC(=O)NNC(=O)c1ccc(OCC)c(OC)c1. The van der Waals surface area contributed by atoms with Crippen molar-refractivity contribution in [3.8, 4) is 17.2 Å². The molecule has 0 saturated heterocycles. The summed E-state index contributed by atoms with van der Waals surface area (Å²) in [5, 5.41) is 0. The van der Waals surface area contributed by atoms with Gasteiger partial charge in [-0.25, -0.2) is 0 Å². The number of methoxy groups -OCH3 is 1. The molecule has 28 heavy (non-hydrogen) atoms. The Morgan fingerprint density at radius 1 is 0.893 bits per heavy atom. The Labute approximate surface area is 165 Å². The van der Waals surface area contributed by atoms with E-state index in [0.717, 1.165) is 11.3 Å². The molecule has 0 aromatic heterocycles. The molecule has 2 aromatic carbocycles. The molecular formula is C21H26N2O5. The van der Waals surface area contributed by atoms with E-state index in [1.165, 1.54) is 7.11 Å². The van der Waals surface area contributed by atoms with Gasteiger partial charge in [-0.2, -0.15) is 0 Å². The average molecular weight is 386 g/mol. The summed E-state index contributed by atoms with van der Waals surface area (Å²) in [6.45, 7) is 4.83. The molecule has 7 nitrogen and oxygen atoms in total. The normalized spacial score (nSPS) is 10.1. The van der Waals surface area contributed by atoms with Gasteiger partial charge in [0.2, 0.25) is 5.91 Å². The van der Waals surface area contributed by atoms with Gasteiger partial charge < -0.3 is 14.2 Å². The van der Waals surface area contributed by atoms with E-state index >= 15 is 0 Å². The summed E-state index contributed by atoms with van der Waals surface area (Å²) >= 11 is 0. The van der Waals surface area contributed by atoms with Gasteiger partial charge in [0.25, 0.3) is 5.91 Å². The van der Waals surface area contributed by atoms with Gasteiger partial charge in [0.1, 0.15) is 5.75 Å². The lowest BCUT2D eigenvalue weighted by molar-refractivity contribution is -0.121. The molecule has 0 aliphatic carbocycles. The summed E-state index contributed by atoms with van der Waals surface area (Å²) in [7, 11) is 1.50. The first kappa shape index (κ1) is 21.1. The minimum absolute atomic E-state index is 0.219. The van der Waals surface area contributed by atoms with Gasteiger partial charge in [-0.3, -0.25) is 20.4 Å². The zero-order valence-electron chi connectivity index (χ0n) is 16.4. The number of carbonyl (C=O) groups is 2. The highest BCUT2D eigenvalue weighted by Crippen LogP contribution is 2.27. The Bertz CT molecular complexity index is 807. The van der Waals surface area contributed by atoms with Crippen LogP contribution in [0.2, 0.25) is 0 Å². The molecule has 2 aromatic rings. The number of carbonyl (C=O) groups excluding carboxylic acids is 2. The maximum absolute atomic E-state index is 12.3. The predicted molar refractivity (Wildman–Crippen MR) is 106 cm³/mol. The van der Waals surface area contributed by atoms with Crippen LogP contribution in [0.25, 0.3) is 0 Å². The highest BCUT2D eigenvalue weighted by atomic mass is 16.5. The van der Waals surface area contributed by atoms with Crippen molar-refractivity contribution in [2.45, 2.75) is 26.7 Å². The van der Waals surface area contributed by atoms with Crippen molar-refractivity contribution in [3.63, 3.8) is 0 Å². The molecule has 2 amide bonds. The Kier molecular flexibility index (Phi) is 8.14. The Morgan fingerprint density at radius 3 is 2.32 bits per heavy atom. The predicted octanol–water partition coefficient (Wildman–Crippen LogP) is 2.89. The number of hydrazine groups is 1. The number of rotatable bonds is 9. The highest BCUT2D eigenvalue weighted by molar-refractivity contribution is 5.96. The number of hydrogen-bond donors (Lipinski definition) is 2. The molecule has 0 radical (unpaired) electrons. The lowest BCUT2D eigenvalue weighted by Crippen LogP contribution is -2.41.